The fraction of sp³-hybridized carbons (Fsp3) is 0.182. The van der Waals surface area contributed by atoms with Gasteiger partial charge >= 0.3 is 0 Å². The van der Waals surface area contributed by atoms with E-state index in [-0.39, 0.29) is 11.1 Å². The van der Waals surface area contributed by atoms with E-state index in [2.05, 4.69) is 15.0 Å². The van der Waals surface area contributed by atoms with Gasteiger partial charge in [0.05, 0.1) is 20.8 Å². The summed E-state index contributed by atoms with van der Waals surface area (Å²) in [6.45, 7) is 0.322. The summed E-state index contributed by atoms with van der Waals surface area (Å²) in [5.41, 5.74) is 2.31. The largest absolute Gasteiger partial charge is 0.497 e. The quantitative estimate of drug-likeness (QED) is 0.334. The predicted octanol–water partition coefficient (Wildman–Crippen LogP) is 3.54. The first kappa shape index (κ1) is 19.9. The number of benzene rings is 2. The summed E-state index contributed by atoms with van der Waals surface area (Å²) in [6, 6.07) is 15.4. The highest BCUT2D eigenvalue weighted by atomic mass is 32.2. The summed E-state index contributed by atoms with van der Waals surface area (Å²) >= 11 is 1.47. The van der Waals surface area contributed by atoms with Crippen molar-refractivity contribution in [3.05, 3.63) is 82.4 Å². The van der Waals surface area contributed by atoms with Crippen molar-refractivity contribution >= 4 is 22.9 Å². The number of aromatic nitrogens is 4. The summed E-state index contributed by atoms with van der Waals surface area (Å²) in [4.78, 5) is 26.3. The molecule has 0 aliphatic carbocycles. The fourth-order valence-electron chi connectivity index (χ4n) is 3.09. The van der Waals surface area contributed by atoms with Crippen LogP contribution in [0.5, 0.6) is 11.5 Å². The van der Waals surface area contributed by atoms with Crippen LogP contribution in [-0.4, -0.2) is 33.7 Å². The molecule has 4 rings (SSSR count). The number of fused-ring (bicyclic) bond motifs is 1. The Kier molecular flexibility index (Phi) is 5.94. The van der Waals surface area contributed by atoms with E-state index in [1.54, 1.807) is 18.8 Å². The molecule has 0 atom stereocenters. The molecule has 0 amide bonds. The SMILES string of the molecule is COc1cccc(CSc2nc3nccnc3c(=O)n2Cc2ccccc2OC)c1. The molecule has 0 aliphatic rings. The van der Waals surface area contributed by atoms with Gasteiger partial charge in [0.1, 0.15) is 11.5 Å². The standard InChI is InChI=1S/C22H20N4O3S/c1-28-17-8-5-6-15(12-17)14-30-22-25-20-19(23-10-11-24-20)21(27)26(22)13-16-7-3-4-9-18(16)29-2/h3-12H,13-14H2,1-2H3. The lowest BCUT2D eigenvalue weighted by Gasteiger charge is -2.14. The highest BCUT2D eigenvalue weighted by Gasteiger charge is 2.15. The van der Waals surface area contributed by atoms with Crippen molar-refractivity contribution in [2.75, 3.05) is 14.2 Å². The third-order valence-corrected chi connectivity index (χ3v) is 5.63. The van der Waals surface area contributed by atoms with Crippen LogP contribution < -0.4 is 15.0 Å². The van der Waals surface area contributed by atoms with Gasteiger partial charge in [-0.2, -0.15) is 0 Å². The molecule has 30 heavy (non-hydrogen) atoms. The van der Waals surface area contributed by atoms with Crippen molar-refractivity contribution in [2.45, 2.75) is 17.5 Å². The normalized spacial score (nSPS) is 10.9. The molecule has 0 bridgehead atoms. The van der Waals surface area contributed by atoms with Crippen LogP contribution in [0.25, 0.3) is 11.2 Å². The van der Waals surface area contributed by atoms with Gasteiger partial charge in [0.15, 0.2) is 16.3 Å². The fourth-order valence-corrected chi connectivity index (χ4v) is 4.02. The number of ether oxygens (including phenoxy) is 2. The molecular formula is C22H20N4O3S. The van der Waals surface area contributed by atoms with E-state index in [4.69, 9.17) is 9.47 Å². The Morgan fingerprint density at radius 1 is 1.00 bits per heavy atom. The zero-order chi connectivity index (χ0) is 20.9. The Bertz CT molecular complexity index is 1240. The Hall–Kier alpha value is -3.39. The minimum atomic E-state index is -0.229. The second kappa shape index (κ2) is 8.96. The van der Waals surface area contributed by atoms with Gasteiger partial charge in [0.2, 0.25) is 0 Å². The lowest BCUT2D eigenvalue weighted by atomic mass is 10.2. The molecule has 2 aromatic heterocycles. The smallest absolute Gasteiger partial charge is 0.282 e. The number of rotatable bonds is 7. The summed E-state index contributed by atoms with van der Waals surface area (Å²) < 4.78 is 12.4. The first-order valence-corrected chi connectivity index (χ1v) is 10.3. The summed E-state index contributed by atoms with van der Waals surface area (Å²) in [5, 5.41) is 0.571. The van der Waals surface area contributed by atoms with Gasteiger partial charge in [-0.3, -0.25) is 9.36 Å². The zero-order valence-corrected chi connectivity index (χ0v) is 17.4. The third-order valence-electron chi connectivity index (χ3n) is 4.58. The van der Waals surface area contributed by atoms with Gasteiger partial charge in [-0.05, 0) is 23.8 Å². The highest BCUT2D eigenvalue weighted by Crippen LogP contribution is 2.25. The van der Waals surface area contributed by atoms with Crippen LogP contribution in [0.2, 0.25) is 0 Å². The molecule has 8 heteroatoms. The number of para-hydroxylation sites is 1. The topological polar surface area (TPSA) is 79.1 Å². The molecular weight excluding hydrogens is 400 g/mol. The maximum absolute atomic E-state index is 13.2. The Balaban J connectivity index is 1.75. The maximum Gasteiger partial charge on any atom is 0.282 e. The van der Waals surface area contributed by atoms with Crippen LogP contribution in [0.15, 0.2) is 70.9 Å². The number of hydrogen-bond donors (Lipinski definition) is 0. The number of nitrogens with zero attached hydrogens (tertiary/aromatic N) is 4. The summed E-state index contributed by atoms with van der Waals surface area (Å²) in [6.07, 6.45) is 3.04. The Morgan fingerprint density at radius 2 is 1.83 bits per heavy atom. The third kappa shape index (κ3) is 4.13. The van der Waals surface area contributed by atoms with Crippen LogP contribution in [0.4, 0.5) is 0 Å². The van der Waals surface area contributed by atoms with Gasteiger partial charge in [-0.1, -0.05) is 42.1 Å². The highest BCUT2D eigenvalue weighted by molar-refractivity contribution is 7.98. The molecule has 7 nitrogen and oxygen atoms in total. The molecule has 0 unspecified atom stereocenters. The molecule has 0 saturated carbocycles. The predicted molar refractivity (Wildman–Crippen MR) is 116 cm³/mol. The van der Waals surface area contributed by atoms with E-state index in [0.717, 1.165) is 16.9 Å². The van der Waals surface area contributed by atoms with Crippen molar-refractivity contribution < 1.29 is 9.47 Å². The van der Waals surface area contributed by atoms with Crippen LogP contribution in [0.1, 0.15) is 11.1 Å². The van der Waals surface area contributed by atoms with Crippen LogP contribution >= 0.6 is 11.8 Å². The zero-order valence-electron chi connectivity index (χ0n) is 16.6. The summed E-state index contributed by atoms with van der Waals surface area (Å²) in [5.74, 6) is 2.13. The Labute approximate surface area is 177 Å². The van der Waals surface area contributed by atoms with Crippen molar-refractivity contribution in [2.24, 2.45) is 0 Å². The molecule has 0 radical (unpaired) electrons. The van der Waals surface area contributed by atoms with Crippen molar-refractivity contribution in [3.8, 4) is 11.5 Å². The second-order valence-electron chi connectivity index (χ2n) is 6.47. The molecule has 0 N–H and O–H groups in total. The van der Waals surface area contributed by atoms with Crippen LogP contribution in [-0.2, 0) is 12.3 Å². The van der Waals surface area contributed by atoms with Crippen molar-refractivity contribution in [1.29, 1.82) is 0 Å². The lowest BCUT2D eigenvalue weighted by molar-refractivity contribution is 0.407. The average Bonchev–Trinajstić information content (AvgIpc) is 2.80. The van der Waals surface area contributed by atoms with E-state index >= 15 is 0 Å². The van der Waals surface area contributed by atoms with Crippen molar-refractivity contribution in [3.63, 3.8) is 0 Å². The summed E-state index contributed by atoms with van der Waals surface area (Å²) in [7, 11) is 3.25. The monoisotopic (exact) mass is 420 g/mol. The molecule has 4 aromatic rings. The first-order valence-electron chi connectivity index (χ1n) is 9.29. The van der Waals surface area contributed by atoms with Gasteiger partial charge in [-0.15, -0.1) is 0 Å². The van der Waals surface area contributed by atoms with Gasteiger partial charge in [0.25, 0.3) is 5.56 Å². The van der Waals surface area contributed by atoms with Gasteiger partial charge in [0, 0.05) is 23.7 Å². The molecule has 2 aromatic carbocycles. The minimum absolute atomic E-state index is 0.229. The molecule has 0 aliphatic heterocycles. The first-order chi connectivity index (χ1) is 14.7. The van der Waals surface area contributed by atoms with Crippen LogP contribution in [0.3, 0.4) is 0 Å². The molecule has 152 valence electrons. The number of methoxy groups -OCH3 is 2. The van der Waals surface area contributed by atoms with E-state index < -0.39 is 0 Å². The van der Waals surface area contributed by atoms with E-state index in [1.807, 2.05) is 48.5 Å². The van der Waals surface area contributed by atoms with E-state index in [9.17, 15) is 4.79 Å². The molecule has 2 heterocycles. The molecule has 0 fully saturated rings. The number of thioether (sulfide) groups is 1. The average molecular weight is 420 g/mol. The van der Waals surface area contributed by atoms with Gasteiger partial charge in [-0.25, -0.2) is 15.0 Å². The molecule has 0 spiro atoms. The van der Waals surface area contributed by atoms with Gasteiger partial charge < -0.3 is 9.47 Å². The second-order valence-corrected chi connectivity index (χ2v) is 7.41. The molecule has 0 saturated heterocycles. The Morgan fingerprint density at radius 3 is 2.67 bits per heavy atom. The maximum atomic E-state index is 13.2. The van der Waals surface area contributed by atoms with Crippen LogP contribution in [0, 0.1) is 0 Å². The van der Waals surface area contributed by atoms with E-state index in [1.165, 1.54) is 24.2 Å². The minimum Gasteiger partial charge on any atom is -0.497 e. The lowest BCUT2D eigenvalue weighted by Crippen LogP contribution is -2.25. The number of hydrogen-bond acceptors (Lipinski definition) is 7. The van der Waals surface area contributed by atoms with E-state index in [0.29, 0.717) is 28.9 Å². The van der Waals surface area contributed by atoms with Crippen molar-refractivity contribution in [1.82, 2.24) is 19.5 Å².